The van der Waals surface area contributed by atoms with Crippen LogP contribution in [0.5, 0.6) is 0 Å². The van der Waals surface area contributed by atoms with Gasteiger partial charge < -0.3 is 9.80 Å². The van der Waals surface area contributed by atoms with Crippen molar-refractivity contribution in [3.63, 3.8) is 0 Å². The monoisotopic (exact) mass is 343 g/mol. The van der Waals surface area contributed by atoms with Crippen LogP contribution in [0.25, 0.3) is 0 Å². The van der Waals surface area contributed by atoms with Crippen LogP contribution >= 0.6 is 27.3 Å². The maximum Gasteiger partial charge on any atom is 0.435 e. The van der Waals surface area contributed by atoms with Crippen molar-refractivity contribution in [2.45, 2.75) is 6.18 Å². The van der Waals surface area contributed by atoms with E-state index < -0.39 is 11.9 Å². The van der Waals surface area contributed by atoms with Gasteiger partial charge >= 0.3 is 6.18 Å². The molecule has 0 amide bonds. The number of hydrogen-bond acceptors (Lipinski definition) is 4. The fourth-order valence-corrected chi connectivity index (χ4v) is 3.54. The van der Waals surface area contributed by atoms with E-state index in [1.807, 2.05) is 19.0 Å². The Morgan fingerprint density at radius 3 is 2.50 bits per heavy atom. The number of aromatic nitrogens is 1. The Morgan fingerprint density at radius 1 is 1.44 bits per heavy atom. The van der Waals surface area contributed by atoms with Crippen molar-refractivity contribution in [3.8, 4) is 0 Å². The molecule has 1 aromatic heterocycles. The van der Waals surface area contributed by atoms with E-state index in [0.29, 0.717) is 11.0 Å². The molecule has 1 aliphatic heterocycles. The number of thiazole rings is 1. The summed E-state index contributed by atoms with van der Waals surface area (Å²) in [5.74, 6) is 0.511. The van der Waals surface area contributed by atoms with Crippen LogP contribution in [-0.4, -0.2) is 43.6 Å². The van der Waals surface area contributed by atoms with Crippen LogP contribution < -0.4 is 4.90 Å². The Hall–Kier alpha value is -0.340. The average Bonchev–Trinajstić information content (AvgIpc) is 2.51. The van der Waals surface area contributed by atoms with E-state index in [2.05, 4.69) is 25.8 Å². The molecular weight excluding hydrogens is 331 g/mol. The second kappa shape index (κ2) is 4.97. The first-order valence-corrected chi connectivity index (χ1v) is 7.01. The van der Waals surface area contributed by atoms with Gasteiger partial charge in [0.05, 0.1) is 0 Å². The van der Waals surface area contributed by atoms with Gasteiger partial charge in [0, 0.05) is 25.6 Å². The summed E-state index contributed by atoms with van der Waals surface area (Å²) < 4.78 is 37.8. The van der Waals surface area contributed by atoms with Crippen LogP contribution in [0.15, 0.2) is 3.79 Å². The van der Waals surface area contributed by atoms with E-state index in [9.17, 15) is 13.2 Å². The highest BCUT2D eigenvalue weighted by molar-refractivity contribution is 9.11. The first kappa shape index (κ1) is 14.1. The van der Waals surface area contributed by atoms with E-state index in [4.69, 9.17) is 0 Å². The van der Waals surface area contributed by atoms with E-state index in [1.54, 1.807) is 0 Å². The normalized spacial score (nSPS) is 17.4. The topological polar surface area (TPSA) is 19.4 Å². The van der Waals surface area contributed by atoms with Gasteiger partial charge in [0.2, 0.25) is 0 Å². The minimum Gasteiger partial charge on any atom is -0.347 e. The zero-order valence-corrected chi connectivity index (χ0v) is 12.4. The predicted molar refractivity (Wildman–Crippen MR) is 69.1 cm³/mol. The number of alkyl halides is 3. The number of hydrogen-bond donors (Lipinski definition) is 0. The molecule has 0 saturated carbocycles. The van der Waals surface area contributed by atoms with Crippen molar-refractivity contribution in [2.24, 2.45) is 5.92 Å². The molecule has 0 bridgehead atoms. The SMILES string of the molecule is CN(C)CC1CN(c2nc(C(F)(F)F)c(Br)s2)C1. The Bertz CT molecular complexity index is 426. The van der Waals surface area contributed by atoms with Gasteiger partial charge in [0.15, 0.2) is 10.8 Å². The van der Waals surface area contributed by atoms with Gasteiger partial charge in [-0.3, -0.25) is 0 Å². The number of nitrogens with zero attached hydrogens (tertiary/aromatic N) is 3. The van der Waals surface area contributed by atoms with Crippen LogP contribution in [0.3, 0.4) is 0 Å². The summed E-state index contributed by atoms with van der Waals surface area (Å²) in [6.45, 7) is 2.50. The van der Waals surface area contributed by atoms with Crippen LogP contribution in [0.4, 0.5) is 18.3 Å². The molecule has 3 nitrogen and oxygen atoms in total. The van der Waals surface area contributed by atoms with E-state index in [1.165, 1.54) is 0 Å². The molecule has 0 N–H and O–H groups in total. The first-order chi connectivity index (χ1) is 8.27. The van der Waals surface area contributed by atoms with E-state index in [0.717, 1.165) is 31.0 Å². The molecule has 2 rings (SSSR count). The summed E-state index contributed by atoms with van der Waals surface area (Å²) in [4.78, 5) is 7.65. The van der Waals surface area contributed by atoms with Gasteiger partial charge in [-0.25, -0.2) is 4.98 Å². The summed E-state index contributed by atoms with van der Waals surface area (Å²) in [6.07, 6.45) is -4.39. The fraction of sp³-hybridized carbons (Fsp3) is 0.700. The number of rotatable bonds is 3. The van der Waals surface area contributed by atoms with Crippen molar-refractivity contribution < 1.29 is 13.2 Å². The lowest BCUT2D eigenvalue weighted by atomic mass is 10.0. The van der Waals surface area contributed by atoms with Crippen molar-refractivity contribution >= 4 is 32.4 Å². The Labute approximate surface area is 116 Å². The maximum atomic E-state index is 12.6. The third-order valence-corrected chi connectivity index (χ3v) is 4.46. The summed E-state index contributed by atoms with van der Waals surface area (Å²) >= 11 is 3.97. The van der Waals surface area contributed by atoms with Crippen LogP contribution in [0.2, 0.25) is 0 Å². The van der Waals surface area contributed by atoms with Gasteiger partial charge in [-0.05, 0) is 30.0 Å². The maximum absolute atomic E-state index is 12.6. The highest BCUT2D eigenvalue weighted by Crippen LogP contribution is 2.41. The molecule has 1 aromatic rings. The third kappa shape index (κ3) is 2.97. The molecule has 8 heteroatoms. The summed E-state index contributed by atoms with van der Waals surface area (Å²) in [7, 11) is 3.98. The molecule has 0 atom stereocenters. The Balaban J connectivity index is 2.01. The summed E-state index contributed by atoms with van der Waals surface area (Å²) in [5, 5.41) is 0.448. The zero-order valence-electron chi connectivity index (χ0n) is 9.96. The first-order valence-electron chi connectivity index (χ1n) is 5.40. The van der Waals surface area contributed by atoms with Crippen LogP contribution in [0, 0.1) is 5.92 Å². The molecule has 0 aromatic carbocycles. The molecule has 1 saturated heterocycles. The quantitative estimate of drug-likeness (QED) is 0.841. The van der Waals surface area contributed by atoms with Crippen LogP contribution in [0.1, 0.15) is 5.69 Å². The number of anilines is 1. The second-order valence-electron chi connectivity index (χ2n) is 4.65. The van der Waals surface area contributed by atoms with E-state index >= 15 is 0 Å². The molecule has 0 unspecified atom stereocenters. The standard InChI is InChI=1S/C10H13BrF3N3S/c1-16(2)3-6-4-17(5-6)9-15-7(8(11)18-9)10(12,13)14/h6H,3-5H2,1-2H3. The Morgan fingerprint density at radius 2 is 2.06 bits per heavy atom. The third-order valence-electron chi connectivity index (χ3n) is 2.69. The molecule has 1 fully saturated rings. The lowest BCUT2D eigenvalue weighted by Crippen LogP contribution is -2.50. The average molecular weight is 344 g/mol. The smallest absolute Gasteiger partial charge is 0.347 e. The van der Waals surface area contributed by atoms with Crippen LogP contribution in [-0.2, 0) is 6.18 Å². The predicted octanol–water partition coefficient (Wildman–Crippen LogP) is 2.92. The number of halogens is 4. The fourth-order valence-electron chi connectivity index (χ4n) is 1.96. The lowest BCUT2D eigenvalue weighted by Gasteiger charge is -2.40. The molecule has 2 heterocycles. The van der Waals surface area contributed by atoms with Gasteiger partial charge in [-0.2, -0.15) is 13.2 Å². The minimum atomic E-state index is -4.39. The van der Waals surface area contributed by atoms with Crippen molar-refractivity contribution in [2.75, 3.05) is 38.6 Å². The van der Waals surface area contributed by atoms with Gasteiger partial charge in [-0.15, -0.1) is 0 Å². The largest absolute Gasteiger partial charge is 0.435 e. The highest BCUT2D eigenvalue weighted by Gasteiger charge is 2.39. The Kier molecular flexibility index (Phi) is 3.89. The molecule has 0 radical (unpaired) electrons. The minimum absolute atomic E-state index is 0.0565. The molecule has 18 heavy (non-hydrogen) atoms. The molecule has 0 aliphatic carbocycles. The molecule has 102 valence electrons. The second-order valence-corrected chi connectivity index (χ2v) is 6.95. The van der Waals surface area contributed by atoms with Gasteiger partial charge in [-0.1, -0.05) is 11.3 Å². The van der Waals surface area contributed by atoms with Gasteiger partial charge in [0.25, 0.3) is 0 Å². The summed E-state index contributed by atoms with van der Waals surface area (Å²) in [5.41, 5.74) is -0.821. The van der Waals surface area contributed by atoms with Gasteiger partial charge in [0.1, 0.15) is 3.79 Å². The molecule has 0 spiro atoms. The van der Waals surface area contributed by atoms with Crippen molar-refractivity contribution in [1.29, 1.82) is 0 Å². The zero-order chi connectivity index (χ0) is 13.5. The lowest BCUT2D eigenvalue weighted by molar-refractivity contribution is -0.141. The summed E-state index contributed by atoms with van der Waals surface area (Å²) in [6, 6.07) is 0. The van der Waals surface area contributed by atoms with Crippen molar-refractivity contribution in [1.82, 2.24) is 9.88 Å². The molecule has 1 aliphatic rings. The van der Waals surface area contributed by atoms with Crippen molar-refractivity contribution in [3.05, 3.63) is 9.48 Å². The highest BCUT2D eigenvalue weighted by atomic mass is 79.9. The van der Waals surface area contributed by atoms with E-state index in [-0.39, 0.29) is 3.79 Å². The molecular formula is C10H13BrF3N3S.